The maximum absolute atomic E-state index is 5.69. The summed E-state index contributed by atoms with van der Waals surface area (Å²) in [4.78, 5) is 2.71. The summed E-state index contributed by atoms with van der Waals surface area (Å²) >= 11 is 0. The Morgan fingerprint density at radius 2 is 2.32 bits per heavy atom. The van der Waals surface area contributed by atoms with Crippen molar-refractivity contribution in [1.82, 2.24) is 10.2 Å². The second-order valence-corrected chi connectivity index (χ2v) is 5.94. The summed E-state index contributed by atoms with van der Waals surface area (Å²) in [6, 6.07) is 6.02. The highest BCUT2D eigenvalue weighted by Gasteiger charge is 2.35. The Labute approximate surface area is 116 Å². The van der Waals surface area contributed by atoms with E-state index in [0.29, 0.717) is 18.1 Å². The number of nitrogens with zero attached hydrogens (tertiary/aromatic N) is 1. The van der Waals surface area contributed by atoms with E-state index in [1.165, 1.54) is 45.2 Å². The minimum absolute atomic E-state index is 0.461. The number of nitrogens with one attached hydrogen (secondary N) is 1. The predicted molar refractivity (Wildman–Crippen MR) is 77.1 cm³/mol. The Bertz CT molecular complexity index is 370. The van der Waals surface area contributed by atoms with Gasteiger partial charge in [0.05, 0.1) is 12.3 Å². The molecule has 0 bridgehead atoms. The van der Waals surface area contributed by atoms with Crippen molar-refractivity contribution in [2.75, 3.05) is 13.1 Å². The molecule has 0 spiro atoms. The van der Waals surface area contributed by atoms with Crippen LogP contribution in [0.15, 0.2) is 22.8 Å². The normalized spacial score (nSPS) is 30.6. The van der Waals surface area contributed by atoms with Crippen molar-refractivity contribution >= 4 is 0 Å². The van der Waals surface area contributed by atoms with E-state index >= 15 is 0 Å². The van der Waals surface area contributed by atoms with Crippen LogP contribution in [0.2, 0.25) is 0 Å². The van der Waals surface area contributed by atoms with Crippen LogP contribution in [0.5, 0.6) is 0 Å². The van der Waals surface area contributed by atoms with E-state index in [9.17, 15) is 0 Å². The quantitative estimate of drug-likeness (QED) is 0.902. The Balaban J connectivity index is 1.78. The third-order valence-electron chi connectivity index (χ3n) is 4.81. The molecule has 2 aliphatic heterocycles. The molecule has 1 N–H and O–H groups in total. The lowest BCUT2D eigenvalue weighted by Crippen LogP contribution is -2.51. The van der Waals surface area contributed by atoms with Gasteiger partial charge in [-0.15, -0.1) is 0 Å². The Kier molecular flexibility index (Phi) is 4.24. The van der Waals surface area contributed by atoms with Crippen LogP contribution in [0, 0.1) is 0 Å². The summed E-state index contributed by atoms with van der Waals surface area (Å²) in [5.41, 5.74) is 0. The van der Waals surface area contributed by atoms with Gasteiger partial charge in [0.1, 0.15) is 5.76 Å². The first-order valence-corrected chi connectivity index (χ1v) is 7.92. The Morgan fingerprint density at radius 3 is 3.00 bits per heavy atom. The fourth-order valence-corrected chi connectivity index (χ4v) is 3.92. The lowest BCUT2D eigenvalue weighted by atomic mass is 9.91. The second-order valence-electron chi connectivity index (χ2n) is 5.94. The maximum atomic E-state index is 5.69. The molecule has 2 aliphatic rings. The van der Waals surface area contributed by atoms with Crippen LogP contribution >= 0.6 is 0 Å². The smallest absolute Gasteiger partial charge is 0.120 e. The average molecular weight is 262 g/mol. The van der Waals surface area contributed by atoms with E-state index in [2.05, 4.69) is 23.2 Å². The highest BCUT2D eigenvalue weighted by Crippen LogP contribution is 2.34. The molecule has 3 rings (SSSR count). The van der Waals surface area contributed by atoms with Crippen molar-refractivity contribution in [3.05, 3.63) is 24.2 Å². The maximum Gasteiger partial charge on any atom is 0.120 e. The van der Waals surface area contributed by atoms with Crippen LogP contribution in [0.25, 0.3) is 0 Å². The monoisotopic (exact) mass is 262 g/mol. The molecule has 3 nitrogen and oxygen atoms in total. The molecule has 3 heteroatoms. The van der Waals surface area contributed by atoms with E-state index < -0.39 is 0 Å². The molecule has 1 aromatic heterocycles. The van der Waals surface area contributed by atoms with Gasteiger partial charge in [-0.3, -0.25) is 4.90 Å². The molecule has 3 atom stereocenters. The molecule has 3 heterocycles. The zero-order chi connectivity index (χ0) is 13.1. The van der Waals surface area contributed by atoms with Gasteiger partial charge >= 0.3 is 0 Å². The van der Waals surface area contributed by atoms with Crippen LogP contribution in [0.1, 0.15) is 57.3 Å². The summed E-state index contributed by atoms with van der Waals surface area (Å²) < 4.78 is 5.69. The number of hydrogen-bond acceptors (Lipinski definition) is 3. The van der Waals surface area contributed by atoms with Crippen molar-refractivity contribution in [3.63, 3.8) is 0 Å². The standard InChI is InChI=1S/C16H26N2O/c1-2-14(16-9-6-12-19-16)18-11-4-3-8-15(18)13-7-5-10-17-13/h6,9,12-15,17H,2-5,7-8,10-11H2,1H3. The molecule has 106 valence electrons. The van der Waals surface area contributed by atoms with Crippen molar-refractivity contribution in [2.24, 2.45) is 0 Å². The third-order valence-corrected chi connectivity index (χ3v) is 4.81. The highest BCUT2D eigenvalue weighted by atomic mass is 16.3. The van der Waals surface area contributed by atoms with Gasteiger partial charge in [0, 0.05) is 12.1 Å². The van der Waals surface area contributed by atoms with Gasteiger partial charge < -0.3 is 9.73 Å². The average Bonchev–Trinajstić information content (AvgIpc) is 3.14. The first-order chi connectivity index (χ1) is 9.40. The number of furan rings is 1. The van der Waals surface area contributed by atoms with Gasteiger partial charge in [0.2, 0.25) is 0 Å². The summed E-state index contributed by atoms with van der Waals surface area (Å²) in [5.74, 6) is 1.15. The fourth-order valence-electron chi connectivity index (χ4n) is 3.92. The van der Waals surface area contributed by atoms with Crippen LogP contribution in [-0.2, 0) is 0 Å². The van der Waals surface area contributed by atoms with Gasteiger partial charge in [0.15, 0.2) is 0 Å². The van der Waals surface area contributed by atoms with Gasteiger partial charge in [-0.05, 0) is 57.3 Å². The first-order valence-electron chi connectivity index (χ1n) is 7.92. The number of likely N-dealkylation sites (tertiary alicyclic amines) is 1. The zero-order valence-electron chi connectivity index (χ0n) is 12.0. The van der Waals surface area contributed by atoms with E-state index in [0.717, 1.165) is 12.2 Å². The molecule has 0 aliphatic carbocycles. The van der Waals surface area contributed by atoms with Crippen molar-refractivity contribution < 1.29 is 4.42 Å². The minimum Gasteiger partial charge on any atom is -0.468 e. The van der Waals surface area contributed by atoms with Crippen molar-refractivity contribution in [3.8, 4) is 0 Å². The number of piperidine rings is 1. The molecule has 0 amide bonds. The minimum atomic E-state index is 0.461. The van der Waals surface area contributed by atoms with Crippen LogP contribution < -0.4 is 5.32 Å². The second kappa shape index (κ2) is 6.10. The zero-order valence-corrected chi connectivity index (χ0v) is 12.0. The summed E-state index contributed by atoms with van der Waals surface area (Å²) in [6.07, 6.45) is 9.69. The summed E-state index contributed by atoms with van der Waals surface area (Å²) in [6.45, 7) is 4.70. The third kappa shape index (κ3) is 2.72. The molecule has 0 saturated carbocycles. The van der Waals surface area contributed by atoms with Crippen molar-refractivity contribution in [1.29, 1.82) is 0 Å². The van der Waals surface area contributed by atoms with Gasteiger partial charge in [-0.2, -0.15) is 0 Å². The largest absolute Gasteiger partial charge is 0.468 e. The van der Waals surface area contributed by atoms with Crippen LogP contribution in [0.3, 0.4) is 0 Å². The first kappa shape index (κ1) is 13.2. The predicted octanol–water partition coefficient (Wildman–Crippen LogP) is 3.34. The van der Waals surface area contributed by atoms with E-state index in [-0.39, 0.29) is 0 Å². The molecule has 0 radical (unpaired) electrons. The van der Waals surface area contributed by atoms with Crippen molar-refractivity contribution in [2.45, 2.75) is 63.6 Å². The lowest BCUT2D eigenvalue weighted by Gasteiger charge is -2.43. The summed E-state index contributed by atoms with van der Waals surface area (Å²) in [5, 5.41) is 3.71. The highest BCUT2D eigenvalue weighted by molar-refractivity contribution is 5.07. The molecule has 19 heavy (non-hydrogen) atoms. The summed E-state index contributed by atoms with van der Waals surface area (Å²) in [7, 11) is 0. The number of hydrogen-bond donors (Lipinski definition) is 1. The number of rotatable bonds is 4. The van der Waals surface area contributed by atoms with E-state index in [1.54, 1.807) is 0 Å². The molecule has 0 aromatic carbocycles. The molecular formula is C16H26N2O. The molecule has 2 fully saturated rings. The lowest BCUT2D eigenvalue weighted by molar-refractivity contribution is 0.0600. The molecule has 1 aromatic rings. The van der Waals surface area contributed by atoms with E-state index in [1.807, 2.05) is 12.3 Å². The van der Waals surface area contributed by atoms with Gasteiger partial charge in [-0.1, -0.05) is 13.3 Å². The Morgan fingerprint density at radius 1 is 1.37 bits per heavy atom. The molecule has 3 unspecified atom stereocenters. The van der Waals surface area contributed by atoms with Crippen LogP contribution in [0.4, 0.5) is 0 Å². The fraction of sp³-hybridized carbons (Fsp3) is 0.750. The molecule has 2 saturated heterocycles. The van der Waals surface area contributed by atoms with Crippen LogP contribution in [-0.4, -0.2) is 30.1 Å². The SMILES string of the molecule is CCC(c1ccco1)N1CCCCC1C1CCCN1. The van der Waals surface area contributed by atoms with Gasteiger partial charge in [0.25, 0.3) is 0 Å². The van der Waals surface area contributed by atoms with E-state index in [4.69, 9.17) is 4.42 Å². The topological polar surface area (TPSA) is 28.4 Å². The van der Waals surface area contributed by atoms with Gasteiger partial charge in [-0.25, -0.2) is 0 Å². The Hall–Kier alpha value is -0.800. The molecular weight excluding hydrogens is 236 g/mol.